The molecule has 0 saturated heterocycles. The number of halogens is 1. The number of nitrogens with one attached hydrogen (secondary N) is 1. The van der Waals surface area contributed by atoms with Crippen LogP contribution in [0.5, 0.6) is 5.75 Å². The normalized spacial score (nSPS) is 10.2. The zero-order valence-electron chi connectivity index (χ0n) is 11.4. The summed E-state index contributed by atoms with van der Waals surface area (Å²) >= 11 is 7.31. The molecule has 1 amide bonds. The van der Waals surface area contributed by atoms with Gasteiger partial charge in [0.25, 0.3) is 0 Å². The molecule has 6 heteroatoms. The van der Waals surface area contributed by atoms with E-state index in [4.69, 9.17) is 22.1 Å². The second kappa shape index (κ2) is 7.24. The summed E-state index contributed by atoms with van der Waals surface area (Å²) in [7, 11) is 1.56. The van der Waals surface area contributed by atoms with Crippen molar-refractivity contribution in [3.05, 3.63) is 47.5 Å². The minimum Gasteiger partial charge on any atom is -0.497 e. The van der Waals surface area contributed by atoms with Crippen molar-refractivity contribution in [2.45, 2.75) is 4.90 Å². The Balaban J connectivity index is 1.93. The number of thioether (sulfide) groups is 1. The van der Waals surface area contributed by atoms with Crippen molar-refractivity contribution >= 4 is 40.6 Å². The lowest BCUT2D eigenvalue weighted by Crippen LogP contribution is -2.15. The molecule has 0 unspecified atom stereocenters. The topological polar surface area (TPSA) is 64.3 Å². The molecular formula is C15H15ClN2O2S. The van der Waals surface area contributed by atoms with E-state index in [9.17, 15) is 4.79 Å². The molecule has 21 heavy (non-hydrogen) atoms. The van der Waals surface area contributed by atoms with Crippen molar-refractivity contribution in [2.24, 2.45) is 0 Å². The molecule has 0 bridgehead atoms. The lowest BCUT2D eigenvalue weighted by Gasteiger charge is -2.09. The third kappa shape index (κ3) is 4.58. The Morgan fingerprint density at radius 1 is 1.33 bits per heavy atom. The smallest absolute Gasteiger partial charge is 0.234 e. The Bertz CT molecular complexity index is 649. The first-order valence-corrected chi connectivity index (χ1v) is 7.56. The van der Waals surface area contributed by atoms with Crippen LogP contribution in [-0.4, -0.2) is 18.8 Å². The molecule has 0 radical (unpaired) electrons. The van der Waals surface area contributed by atoms with E-state index in [0.717, 1.165) is 4.90 Å². The van der Waals surface area contributed by atoms with Crippen LogP contribution in [0.2, 0.25) is 5.02 Å². The molecule has 0 aliphatic rings. The van der Waals surface area contributed by atoms with Crippen LogP contribution >= 0.6 is 23.4 Å². The van der Waals surface area contributed by atoms with Gasteiger partial charge in [0.2, 0.25) is 5.91 Å². The average molecular weight is 323 g/mol. The van der Waals surface area contributed by atoms with E-state index < -0.39 is 0 Å². The summed E-state index contributed by atoms with van der Waals surface area (Å²) in [6.45, 7) is 0. The van der Waals surface area contributed by atoms with Gasteiger partial charge >= 0.3 is 0 Å². The molecular weight excluding hydrogens is 308 g/mol. The van der Waals surface area contributed by atoms with Crippen LogP contribution in [0.3, 0.4) is 0 Å². The van der Waals surface area contributed by atoms with E-state index in [1.54, 1.807) is 31.4 Å². The lowest BCUT2D eigenvalue weighted by atomic mass is 10.2. The SMILES string of the molecule is COc1ccc(NC(=O)CSc2cccc(Cl)c2)c(N)c1. The minimum atomic E-state index is -0.128. The maximum atomic E-state index is 11.9. The number of amides is 1. The molecule has 0 fully saturated rings. The molecule has 0 spiro atoms. The number of carbonyl (C=O) groups excluding carboxylic acids is 1. The van der Waals surface area contributed by atoms with Crippen molar-refractivity contribution in [1.29, 1.82) is 0 Å². The molecule has 2 aromatic carbocycles. The summed E-state index contributed by atoms with van der Waals surface area (Å²) in [6, 6.07) is 12.5. The van der Waals surface area contributed by atoms with Crippen molar-refractivity contribution in [1.82, 2.24) is 0 Å². The van der Waals surface area contributed by atoms with Gasteiger partial charge in [-0.25, -0.2) is 0 Å². The zero-order valence-corrected chi connectivity index (χ0v) is 13.0. The average Bonchev–Trinajstić information content (AvgIpc) is 2.47. The van der Waals surface area contributed by atoms with Crippen LogP contribution in [0, 0.1) is 0 Å². The van der Waals surface area contributed by atoms with E-state index in [0.29, 0.717) is 22.1 Å². The molecule has 4 nitrogen and oxygen atoms in total. The van der Waals surface area contributed by atoms with Gasteiger partial charge in [-0.2, -0.15) is 0 Å². The van der Waals surface area contributed by atoms with Crippen molar-refractivity contribution in [3.63, 3.8) is 0 Å². The van der Waals surface area contributed by atoms with Crippen molar-refractivity contribution < 1.29 is 9.53 Å². The monoisotopic (exact) mass is 322 g/mol. The quantitative estimate of drug-likeness (QED) is 0.651. The van der Waals surface area contributed by atoms with Crippen LogP contribution in [-0.2, 0) is 4.79 Å². The molecule has 2 rings (SSSR count). The predicted octanol–water partition coefficient (Wildman–Crippen LogP) is 3.66. The number of carbonyl (C=O) groups is 1. The summed E-state index contributed by atoms with van der Waals surface area (Å²) in [4.78, 5) is 12.9. The van der Waals surface area contributed by atoms with Crippen LogP contribution in [0.25, 0.3) is 0 Å². The molecule has 0 heterocycles. The number of hydrogen-bond acceptors (Lipinski definition) is 4. The van der Waals surface area contributed by atoms with E-state index in [-0.39, 0.29) is 11.7 Å². The third-order valence-electron chi connectivity index (χ3n) is 2.70. The highest BCUT2D eigenvalue weighted by Crippen LogP contribution is 2.25. The van der Waals surface area contributed by atoms with Crippen LogP contribution in [0.4, 0.5) is 11.4 Å². The molecule has 0 saturated carbocycles. The number of anilines is 2. The zero-order chi connectivity index (χ0) is 15.2. The molecule has 3 N–H and O–H groups in total. The lowest BCUT2D eigenvalue weighted by molar-refractivity contribution is -0.113. The summed E-state index contributed by atoms with van der Waals surface area (Å²) < 4.78 is 5.06. The Hall–Kier alpha value is -1.85. The highest BCUT2D eigenvalue weighted by Gasteiger charge is 2.07. The Morgan fingerprint density at radius 3 is 2.81 bits per heavy atom. The van der Waals surface area contributed by atoms with E-state index in [2.05, 4.69) is 5.32 Å². The largest absolute Gasteiger partial charge is 0.497 e. The minimum absolute atomic E-state index is 0.128. The summed E-state index contributed by atoms with van der Waals surface area (Å²) in [6.07, 6.45) is 0. The van der Waals surface area contributed by atoms with E-state index >= 15 is 0 Å². The number of methoxy groups -OCH3 is 1. The van der Waals surface area contributed by atoms with Gasteiger partial charge in [-0.05, 0) is 30.3 Å². The first kappa shape index (κ1) is 15.5. The number of ether oxygens (including phenoxy) is 1. The fourth-order valence-corrected chi connectivity index (χ4v) is 2.68. The first-order chi connectivity index (χ1) is 10.1. The highest BCUT2D eigenvalue weighted by atomic mass is 35.5. The van der Waals surface area contributed by atoms with Gasteiger partial charge in [-0.3, -0.25) is 4.79 Å². The number of hydrogen-bond donors (Lipinski definition) is 2. The molecule has 2 aromatic rings. The van der Waals surface area contributed by atoms with Crippen LogP contribution in [0.1, 0.15) is 0 Å². The number of rotatable bonds is 5. The van der Waals surface area contributed by atoms with Gasteiger partial charge in [0.15, 0.2) is 0 Å². The first-order valence-electron chi connectivity index (χ1n) is 6.20. The molecule has 110 valence electrons. The summed E-state index contributed by atoms with van der Waals surface area (Å²) in [5.41, 5.74) is 6.90. The van der Waals surface area contributed by atoms with Gasteiger partial charge in [-0.15, -0.1) is 11.8 Å². The molecule has 0 aliphatic heterocycles. The van der Waals surface area contributed by atoms with E-state index in [1.807, 2.05) is 18.2 Å². The number of nitrogen functional groups attached to an aromatic ring is 1. The third-order valence-corrected chi connectivity index (χ3v) is 3.93. The second-order valence-corrected chi connectivity index (χ2v) is 5.73. The maximum absolute atomic E-state index is 11.9. The van der Waals surface area contributed by atoms with Gasteiger partial charge in [-0.1, -0.05) is 17.7 Å². The molecule has 0 aromatic heterocycles. The standard InChI is InChI=1S/C15H15ClN2O2S/c1-20-11-5-6-14(13(17)8-11)18-15(19)9-21-12-4-2-3-10(16)7-12/h2-8H,9,17H2,1H3,(H,18,19). The van der Waals surface area contributed by atoms with Gasteiger partial charge in [0, 0.05) is 16.0 Å². The Morgan fingerprint density at radius 2 is 2.14 bits per heavy atom. The van der Waals surface area contributed by atoms with Crippen LogP contribution < -0.4 is 15.8 Å². The van der Waals surface area contributed by atoms with Gasteiger partial charge in [0.05, 0.1) is 24.2 Å². The van der Waals surface area contributed by atoms with Gasteiger partial charge in [0.1, 0.15) is 5.75 Å². The van der Waals surface area contributed by atoms with Crippen molar-refractivity contribution in [3.8, 4) is 5.75 Å². The predicted molar refractivity (Wildman–Crippen MR) is 88.2 cm³/mol. The summed E-state index contributed by atoms with van der Waals surface area (Å²) in [5, 5.41) is 3.43. The fourth-order valence-electron chi connectivity index (χ4n) is 1.67. The number of benzene rings is 2. The maximum Gasteiger partial charge on any atom is 0.234 e. The molecule has 0 atom stereocenters. The Kier molecular flexibility index (Phi) is 5.36. The van der Waals surface area contributed by atoms with E-state index in [1.165, 1.54) is 11.8 Å². The van der Waals surface area contributed by atoms with Crippen molar-refractivity contribution in [2.75, 3.05) is 23.9 Å². The fraction of sp³-hybridized carbons (Fsp3) is 0.133. The number of nitrogens with two attached hydrogens (primary N) is 1. The highest BCUT2D eigenvalue weighted by molar-refractivity contribution is 8.00. The molecule has 0 aliphatic carbocycles. The second-order valence-electron chi connectivity index (χ2n) is 4.25. The van der Waals surface area contributed by atoms with Crippen LogP contribution in [0.15, 0.2) is 47.4 Å². The van der Waals surface area contributed by atoms with Gasteiger partial charge < -0.3 is 15.8 Å². The Labute approximate surface area is 132 Å². The summed E-state index contributed by atoms with van der Waals surface area (Å²) in [5.74, 6) is 0.807.